The number of rotatable bonds is 3. The minimum absolute atomic E-state index is 0.229. The van der Waals surface area contributed by atoms with Crippen LogP contribution in [0.5, 0.6) is 0 Å². The van der Waals surface area contributed by atoms with Gasteiger partial charge in [-0.05, 0) is 31.4 Å². The molecule has 1 aromatic carbocycles. The van der Waals surface area contributed by atoms with Gasteiger partial charge in [0.2, 0.25) is 0 Å². The van der Waals surface area contributed by atoms with Crippen molar-refractivity contribution >= 4 is 16.7 Å². The van der Waals surface area contributed by atoms with Crippen LogP contribution < -0.4 is 4.90 Å². The first-order valence-electron chi connectivity index (χ1n) is 6.97. The molecule has 2 aromatic rings. The van der Waals surface area contributed by atoms with E-state index in [2.05, 4.69) is 9.97 Å². The van der Waals surface area contributed by atoms with Crippen molar-refractivity contribution in [3.8, 4) is 0 Å². The van der Waals surface area contributed by atoms with Crippen molar-refractivity contribution in [2.45, 2.75) is 25.4 Å². The number of benzene rings is 1. The van der Waals surface area contributed by atoms with Gasteiger partial charge in [0.25, 0.3) is 0 Å². The fraction of sp³-hybridized carbons (Fsp3) is 0.467. The summed E-state index contributed by atoms with van der Waals surface area (Å²) in [6, 6.07) is 4.96. The molecule has 1 unspecified atom stereocenters. The molecule has 1 fully saturated rings. The maximum atomic E-state index is 13.8. The highest BCUT2D eigenvalue weighted by Gasteiger charge is 2.18. The van der Waals surface area contributed by atoms with Crippen LogP contribution in [0.15, 0.2) is 24.5 Å². The van der Waals surface area contributed by atoms with Crippen LogP contribution in [-0.2, 0) is 4.74 Å². The number of anilines is 1. The van der Waals surface area contributed by atoms with Crippen LogP contribution >= 0.6 is 0 Å². The number of fused-ring (bicyclic) bond motifs is 1. The molecule has 5 heteroatoms. The van der Waals surface area contributed by atoms with Crippen LogP contribution in [0.2, 0.25) is 0 Å². The molecule has 0 aliphatic carbocycles. The molecule has 3 rings (SSSR count). The van der Waals surface area contributed by atoms with E-state index in [9.17, 15) is 4.39 Å². The number of hydrogen-bond acceptors (Lipinski definition) is 4. The molecule has 1 atom stereocenters. The lowest BCUT2D eigenvalue weighted by molar-refractivity contribution is 0.0215. The maximum absolute atomic E-state index is 13.8. The molecule has 0 saturated carbocycles. The first kappa shape index (κ1) is 13.2. The van der Waals surface area contributed by atoms with Gasteiger partial charge in [0.1, 0.15) is 23.5 Å². The summed E-state index contributed by atoms with van der Waals surface area (Å²) in [7, 11) is 1.96. The molecular weight excluding hydrogens is 257 g/mol. The number of ether oxygens (including phenoxy) is 1. The average Bonchev–Trinajstić information content (AvgIpc) is 2.48. The molecule has 1 saturated heterocycles. The lowest BCUT2D eigenvalue weighted by Crippen LogP contribution is -2.33. The quantitative estimate of drug-likeness (QED) is 0.863. The highest BCUT2D eigenvalue weighted by molar-refractivity contribution is 5.89. The van der Waals surface area contributed by atoms with E-state index in [0.29, 0.717) is 5.52 Å². The van der Waals surface area contributed by atoms with Crippen molar-refractivity contribution in [3.63, 3.8) is 0 Å². The van der Waals surface area contributed by atoms with Crippen molar-refractivity contribution < 1.29 is 9.13 Å². The summed E-state index contributed by atoms with van der Waals surface area (Å²) < 4.78 is 19.5. The normalized spacial score (nSPS) is 19.2. The molecule has 0 bridgehead atoms. The lowest BCUT2D eigenvalue weighted by atomic mass is 10.1. The second kappa shape index (κ2) is 5.71. The number of nitrogens with zero attached hydrogens (tertiary/aromatic N) is 3. The summed E-state index contributed by atoms with van der Waals surface area (Å²) in [5.74, 6) is 0.442. The van der Waals surface area contributed by atoms with Crippen LogP contribution in [0.4, 0.5) is 10.2 Å². The predicted octanol–water partition coefficient (Wildman–Crippen LogP) is 2.77. The molecule has 4 nitrogen and oxygen atoms in total. The van der Waals surface area contributed by atoms with E-state index in [1.54, 1.807) is 6.07 Å². The SMILES string of the molecule is CN(CC1CCCCO1)c1ncnc2c(F)cccc12. The molecular formula is C15H18FN3O. The summed E-state index contributed by atoms with van der Waals surface area (Å²) in [6.45, 7) is 1.60. The van der Waals surface area contributed by atoms with E-state index in [1.807, 2.05) is 18.0 Å². The van der Waals surface area contributed by atoms with Gasteiger partial charge in [-0.25, -0.2) is 14.4 Å². The van der Waals surface area contributed by atoms with Gasteiger partial charge in [0.05, 0.1) is 6.10 Å². The van der Waals surface area contributed by atoms with Crippen LogP contribution in [0.1, 0.15) is 19.3 Å². The van der Waals surface area contributed by atoms with Gasteiger partial charge >= 0.3 is 0 Å². The molecule has 0 amide bonds. The summed E-state index contributed by atoms with van der Waals surface area (Å²) in [4.78, 5) is 10.4. The molecule has 2 heterocycles. The van der Waals surface area contributed by atoms with Crippen molar-refractivity contribution in [1.29, 1.82) is 0 Å². The fourth-order valence-corrected chi connectivity index (χ4v) is 2.69. The summed E-state index contributed by atoms with van der Waals surface area (Å²) in [5, 5.41) is 0.741. The number of hydrogen-bond donors (Lipinski definition) is 0. The predicted molar refractivity (Wildman–Crippen MR) is 76.4 cm³/mol. The van der Waals surface area contributed by atoms with Crippen LogP contribution in [-0.4, -0.2) is 36.3 Å². The van der Waals surface area contributed by atoms with E-state index >= 15 is 0 Å². The molecule has 0 radical (unpaired) electrons. The topological polar surface area (TPSA) is 38.2 Å². The van der Waals surface area contributed by atoms with Gasteiger partial charge in [-0.1, -0.05) is 6.07 Å². The Morgan fingerprint density at radius 2 is 2.25 bits per heavy atom. The Hall–Kier alpha value is -1.75. The third kappa shape index (κ3) is 2.58. The first-order valence-corrected chi connectivity index (χ1v) is 6.97. The third-order valence-electron chi connectivity index (χ3n) is 3.71. The van der Waals surface area contributed by atoms with E-state index in [0.717, 1.165) is 37.2 Å². The molecule has 106 valence electrons. The van der Waals surface area contributed by atoms with E-state index in [1.165, 1.54) is 18.8 Å². The van der Waals surface area contributed by atoms with Gasteiger partial charge in [0.15, 0.2) is 0 Å². The Morgan fingerprint density at radius 1 is 1.35 bits per heavy atom. The minimum Gasteiger partial charge on any atom is -0.376 e. The largest absolute Gasteiger partial charge is 0.376 e. The zero-order chi connectivity index (χ0) is 13.9. The fourth-order valence-electron chi connectivity index (χ4n) is 2.69. The molecule has 20 heavy (non-hydrogen) atoms. The van der Waals surface area contributed by atoms with E-state index < -0.39 is 0 Å². The first-order chi connectivity index (χ1) is 9.75. The number of aromatic nitrogens is 2. The van der Waals surface area contributed by atoms with Crippen LogP contribution in [0, 0.1) is 5.82 Å². The highest BCUT2D eigenvalue weighted by Crippen LogP contribution is 2.24. The Labute approximate surface area is 117 Å². The average molecular weight is 275 g/mol. The number of likely N-dealkylation sites (N-methyl/N-ethyl adjacent to an activating group) is 1. The minimum atomic E-state index is -0.312. The van der Waals surface area contributed by atoms with Gasteiger partial charge < -0.3 is 9.64 Å². The van der Waals surface area contributed by atoms with Gasteiger partial charge in [-0.15, -0.1) is 0 Å². The van der Waals surface area contributed by atoms with Crippen LogP contribution in [0.3, 0.4) is 0 Å². The third-order valence-corrected chi connectivity index (χ3v) is 3.71. The Bertz CT molecular complexity index is 599. The summed E-state index contributed by atoms with van der Waals surface area (Å²) in [5.41, 5.74) is 0.369. The molecule has 1 aliphatic rings. The summed E-state index contributed by atoms with van der Waals surface area (Å²) in [6.07, 6.45) is 5.06. The van der Waals surface area contributed by atoms with Crippen molar-refractivity contribution in [3.05, 3.63) is 30.3 Å². The Morgan fingerprint density at radius 3 is 3.05 bits per heavy atom. The van der Waals surface area contributed by atoms with Crippen LogP contribution in [0.25, 0.3) is 10.9 Å². The van der Waals surface area contributed by atoms with Gasteiger partial charge in [-0.3, -0.25) is 0 Å². The van der Waals surface area contributed by atoms with Crippen molar-refractivity contribution in [1.82, 2.24) is 9.97 Å². The van der Waals surface area contributed by atoms with Crippen molar-refractivity contribution in [2.75, 3.05) is 25.1 Å². The van der Waals surface area contributed by atoms with E-state index in [4.69, 9.17) is 4.74 Å². The monoisotopic (exact) mass is 275 g/mol. The molecule has 0 spiro atoms. The van der Waals surface area contributed by atoms with Crippen molar-refractivity contribution in [2.24, 2.45) is 0 Å². The number of halogens is 1. The smallest absolute Gasteiger partial charge is 0.149 e. The standard InChI is InChI=1S/C15H18FN3O/c1-19(9-11-5-2-3-8-20-11)15-12-6-4-7-13(16)14(12)17-10-18-15/h4,6-7,10-11H,2-3,5,8-9H2,1H3. The molecule has 1 aliphatic heterocycles. The molecule has 1 aromatic heterocycles. The summed E-state index contributed by atoms with van der Waals surface area (Å²) >= 11 is 0. The lowest BCUT2D eigenvalue weighted by Gasteiger charge is -2.28. The van der Waals surface area contributed by atoms with E-state index in [-0.39, 0.29) is 11.9 Å². The second-order valence-electron chi connectivity index (χ2n) is 5.20. The Kier molecular flexibility index (Phi) is 3.78. The number of para-hydroxylation sites is 1. The maximum Gasteiger partial charge on any atom is 0.149 e. The molecule has 0 N–H and O–H groups in total. The van der Waals surface area contributed by atoms with Gasteiger partial charge in [0, 0.05) is 25.6 Å². The van der Waals surface area contributed by atoms with Gasteiger partial charge in [-0.2, -0.15) is 0 Å². The highest BCUT2D eigenvalue weighted by atomic mass is 19.1. The second-order valence-corrected chi connectivity index (χ2v) is 5.20. The Balaban J connectivity index is 1.87. The zero-order valence-electron chi connectivity index (χ0n) is 11.6. The zero-order valence-corrected chi connectivity index (χ0v) is 11.6.